The van der Waals surface area contributed by atoms with Crippen LogP contribution in [0.4, 0.5) is 4.39 Å². The fourth-order valence-corrected chi connectivity index (χ4v) is 2.56. The Labute approximate surface area is 113 Å². The lowest BCUT2D eigenvalue weighted by molar-refractivity contribution is -0.119. The summed E-state index contributed by atoms with van der Waals surface area (Å²) in [5, 5.41) is 3.31. The summed E-state index contributed by atoms with van der Waals surface area (Å²) in [5.74, 6) is -0.216. The largest absolute Gasteiger partial charge is 0.317 e. The van der Waals surface area contributed by atoms with E-state index in [9.17, 15) is 9.18 Å². The van der Waals surface area contributed by atoms with Crippen LogP contribution in [0.5, 0.6) is 0 Å². The Morgan fingerprint density at radius 2 is 2.05 bits per heavy atom. The molecule has 0 radical (unpaired) electrons. The van der Waals surface area contributed by atoms with Crippen molar-refractivity contribution in [1.29, 1.82) is 0 Å². The fourth-order valence-electron chi connectivity index (χ4n) is 2.56. The monoisotopic (exact) mass is 264 g/mol. The number of hydrogen-bond donors (Lipinski definition) is 1. The highest BCUT2D eigenvalue weighted by molar-refractivity contribution is 5.82. The van der Waals surface area contributed by atoms with Crippen molar-refractivity contribution >= 4 is 5.78 Å². The van der Waals surface area contributed by atoms with E-state index in [0.29, 0.717) is 18.2 Å². The lowest BCUT2D eigenvalue weighted by Crippen LogP contribution is -2.43. The van der Waals surface area contributed by atoms with E-state index >= 15 is 0 Å². The smallest absolute Gasteiger partial charge is 0.151 e. The van der Waals surface area contributed by atoms with Crippen molar-refractivity contribution < 1.29 is 9.18 Å². The van der Waals surface area contributed by atoms with Gasteiger partial charge in [0, 0.05) is 12.5 Å². The zero-order chi connectivity index (χ0) is 13.7. The number of Topliss-reactive ketones (excluding diaryl/α,β-unsaturated/α-hetero) is 1. The number of ketones is 1. The predicted octanol–water partition coefficient (Wildman–Crippen LogP) is 1.62. The first-order valence-corrected chi connectivity index (χ1v) is 6.83. The maximum atomic E-state index is 13.5. The second-order valence-corrected chi connectivity index (χ2v) is 5.20. The van der Waals surface area contributed by atoms with Crippen LogP contribution in [-0.4, -0.2) is 43.4 Å². The molecule has 3 nitrogen and oxygen atoms in total. The van der Waals surface area contributed by atoms with Gasteiger partial charge in [-0.3, -0.25) is 9.69 Å². The van der Waals surface area contributed by atoms with Crippen molar-refractivity contribution in [2.75, 3.05) is 26.7 Å². The van der Waals surface area contributed by atoms with E-state index in [1.54, 1.807) is 18.2 Å². The molecule has 0 saturated carbocycles. The predicted molar refractivity (Wildman–Crippen MR) is 73.6 cm³/mol. The SMILES string of the molecule is CN(CC(=O)Cc1ccccc1F)C1CCNCC1. The molecule has 0 atom stereocenters. The molecular weight excluding hydrogens is 243 g/mol. The molecule has 19 heavy (non-hydrogen) atoms. The normalized spacial score (nSPS) is 16.8. The average molecular weight is 264 g/mol. The molecule has 0 unspecified atom stereocenters. The van der Waals surface area contributed by atoms with Gasteiger partial charge >= 0.3 is 0 Å². The summed E-state index contributed by atoms with van der Waals surface area (Å²) in [7, 11) is 1.98. The Morgan fingerprint density at radius 1 is 1.37 bits per heavy atom. The van der Waals surface area contributed by atoms with E-state index in [-0.39, 0.29) is 18.0 Å². The number of benzene rings is 1. The summed E-state index contributed by atoms with van der Waals surface area (Å²) >= 11 is 0. The van der Waals surface area contributed by atoms with Crippen LogP contribution >= 0.6 is 0 Å². The van der Waals surface area contributed by atoms with Crippen molar-refractivity contribution in [3.05, 3.63) is 35.6 Å². The average Bonchev–Trinajstić information content (AvgIpc) is 2.42. The van der Waals surface area contributed by atoms with Crippen LogP contribution in [0.15, 0.2) is 24.3 Å². The molecule has 1 aromatic carbocycles. The van der Waals surface area contributed by atoms with E-state index in [0.717, 1.165) is 25.9 Å². The second kappa shape index (κ2) is 6.78. The molecular formula is C15H21FN2O. The minimum absolute atomic E-state index is 0.0751. The molecule has 0 amide bonds. The van der Waals surface area contributed by atoms with Gasteiger partial charge in [-0.05, 0) is 44.6 Å². The second-order valence-electron chi connectivity index (χ2n) is 5.20. The van der Waals surface area contributed by atoms with Crippen LogP contribution in [0.2, 0.25) is 0 Å². The Morgan fingerprint density at radius 3 is 2.74 bits per heavy atom. The molecule has 0 spiro atoms. The quantitative estimate of drug-likeness (QED) is 0.877. The summed E-state index contributed by atoms with van der Waals surface area (Å²) in [5.41, 5.74) is 0.492. The summed E-state index contributed by atoms with van der Waals surface area (Å²) in [6, 6.07) is 6.95. The van der Waals surface area contributed by atoms with Crippen LogP contribution in [0.3, 0.4) is 0 Å². The number of likely N-dealkylation sites (N-methyl/N-ethyl adjacent to an activating group) is 1. The van der Waals surface area contributed by atoms with Crippen LogP contribution < -0.4 is 5.32 Å². The fraction of sp³-hybridized carbons (Fsp3) is 0.533. The Kier molecular flexibility index (Phi) is 5.05. The van der Waals surface area contributed by atoms with Crippen molar-refractivity contribution in [3.63, 3.8) is 0 Å². The molecule has 1 aliphatic heterocycles. The first-order chi connectivity index (χ1) is 9.16. The molecule has 2 rings (SSSR count). The summed E-state index contributed by atoms with van der Waals surface area (Å²) in [4.78, 5) is 14.1. The Bertz CT molecular complexity index is 430. The number of hydrogen-bond acceptors (Lipinski definition) is 3. The minimum Gasteiger partial charge on any atom is -0.317 e. The molecule has 0 bridgehead atoms. The van der Waals surface area contributed by atoms with E-state index in [1.807, 2.05) is 7.05 Å². The zero-order valence-corrected chi connectivity index (χ0v) is 11.4. The van der Waals surface area contributed by atoms with Gasteiger partial charge < -0.3 is 5.32 Å². The zero-order valence-electron chi connectivity index (χ0n) is 11.4. The highest BCUT2D eigenvalue weighted by atomic mass is 19.1. The number of nitrogens with one attached hydrogen (secondary N) is 1. The molecule has 1 aliphatic rings. The molecule has 1 heterocycles. The van der Waals surface area contributed by atoms with Crippen LogP contribution in [0.25, 0.3) is 0 Å². The van der Waals surface area contributed by atoms with E-state index in [1.165, 1.54) is 6.07 Å². The molecule has 0 aliphatic carbocycles. The first-order valence-electron chi connectivity index (χ1n) is 6.83. The molecule has 104 valence electrons. The van der Waals surface area contributed by atoms with Gasteiger partial charge in [-0.15, -0.1) is 0 Å². The van der Waals surface area contributed by atoms with Gasteiger partial charge in [0.05, 0.1) is 6.54 Å². The minimum atomic E-state index is -0.291. The lowest BCUT2D eigenvalue weighted by atomic mass is 10.0. The number of halogens is 1. The maximum absolute atomic E-state index is 13.5. The van der Waals surface area contributed by atoms with Crippen LogP contribution in [0.1, 0.15) is 18.4 Å². The molecule has 1 aromatic rings. The molecule has 1 N–H and O–H groups in total. The maximum Gasteiger partial charge on any atom is 0.151 e. The molecule has 1 fully saturated rings. The number of carbonyl (C=O) groups excluding carboxylic acids is 1. The molecule has 1 saturated heterocycles. The topological polar surface area (TPSA) is 32.3 Å². The van der Waals surface area contributed by atoms with Crippen molar-refractivity contribution in [3.8, 4) is 0 Å². The third-order valence-electron chi connectivity index (χ3n) is 3.70. The third-order valence-corrected chi connectivity index (χ3v) is 3.70. The van der Waals surface area contributed by atoms with Crippen molar-refractivity contribution in [2.45, 2.75) is 25.3 Å². The lowest BCUT2D eigenvalue weighted by Gasteiger charge is -2.31. The van der Waals surface area contributed by atoms with Crippen LogP contribution in [-0.2, 0) is 11.2 Å². The molecule has 4 heteroatoms. The van der Waals surface area contributed by atoms with Gasteiger partial charge in [-0.2, -0.15) is 0 Å². The van der Waals surface area contributed by atoms with E-state index < -0.39 is 0 Å². The van der Waals surface area contributed by atoms with Gasteiger partial charge in [0.15, 0.2) is 5.78 Å². The number of carbonyl (C=O) groups is 1. The number of piperidine rings is 1. The van der Waals surface area contributed by atoms with Crippen LogP contribution in [0, 0.1) is 5.82 Å². The Hall–Kier alpha value is -1.26. The number of nitrogens with zero attached hydrogens (tertiary/aromatic N) is 1. The molecule has 0 aromatic heterocycles. The standard InChI is InChI=1S/C15H21FN2O/c1-18(13-6-8-17-9-7-13)11-14(19)10-12-4-2-3-5-15(12)16/h2-5,13,17H,6-11H2,1H3. The highest BCUT2D eigenvalue weighted by Gasteiger charge is 2.19. The highest BCUT2D eigenvalue weighted by Crippen LogP contribution is 2.11. The van der Waals surface area contributed by atoms with Gasteiger partial charge in [-0.1, -0.05) is 18.2 Å². The van der Waals surface area contributed by atoms with Crippen molar-refractivity contribution in [1.82, 2.24) is 10.2 Å². The van der Waals surface area contributed by atoms with Gasteiger partial charge in [0.2, 0.25) is 0 Å². The number of rotatable bonds is 5. The Balaban J connectivity index is 1.85. The first kappa shape index (κ1) is 14.2. The summed E-state index contributed by atoms with van der Waals surface area (Å²) in [6.45, 7) is 2.42. The van der Waals surface area contributed by atoms with Gasteiger partial charge in [-0.25, -0.2) is 4.39 Å². The van der Waals surface area contributed by atoms with E-state index in [2.05, 4.69) is 10.2 Å². The van der Waals surface area contributed by atoms with Crippen molar-refractivity contribution in [2.24, 2.45) is 0 Å². The summed E-state index contributed by atoms with van der Waals surface area (Å²) < 4.78 is 13.5. The summed E-state index contributed by atoms with van der Waals surface area (Å²) in [6.07, 6.45) is 2.33. The van der Waals surface area contributed by atoms with Gasteiger partial charge in [0.25, 0.3) is 0 Å². The van der Waals surface area contributed by atoms with Gasteiger partial charge in [0.1, 0.15) is 5.82 Å². The third kappa shape index (κ3) is 4.11. The van der Waals surface area contributed by atoms with E-state index in [4.69, 9.17) is 0 Å².